The number of hydrogen-bond donors (Lipinski definition) is 4. The van der Waals surface area contributed by atoms with E-state index in [0.717, 1.165) is 4.47 Å². The molecule has 4 rings (SSSR count). The summed E-state index contributed by atoms with van der Waals surface area (Å²) >= 11 is 3.31. The van der Waals surface area contributed by atoms with Gasteiger partial charge in [0, 0.05) is 16.6 Å². The number of hydrogen-bond acceptors (Lipinski definition) is 8. The van der Waals surface area contributed by atoms with E-state index in [1.165, 1.54) is 17.2 Å². The molecule has 2 aromatic heterocycles. The fourth-order valence-corrected chi connectivity index (χ4v) is 3.51. The van der Waals surface area contributed by atoms with Crippen LogP contribution < -0.4 is 11.1 Å². The topological polar surface area (TPSA) is 148 Å². The summed E-state index contributed by atoms with van der Waals surface area (Å²) in [5.74, 6) is -0.113. The summed E-state index contributed by atoms with van der Waals surface area (Å²) in [6.45, 7) is 0.0177. The molecule has 0 radical (unpaired) electrons. The number of nitrogen functional groups attached to an aromatic ring is 1. The van der Waals surface area contributed by atoms with Gasteiger partial charge in [-0.05, 0) is 18.2 Å². The SMILES string of the molecule is Nc1ncnc2c1ncn2[C@@H]1O[C@H](CNC(=O)c2cccc(Br)c2)[C@@H](O)[C@H]1O. The number of anilines is 1. The van der Waals surface area contributed by atoms with E-state index in [0.29, 0.717) is 16.7 Å². The maximum absolute atomic E-state index is 12.3. The van der Waals surface area contributed by atoms with Crippen molar-refractivity contribution in [3.8, 4) is 0 Å². The highest BCUT2D eigenvalue weighted by atomic mass is 79.9. The Balaban J connectivity index is 1.48. The Morgan fingerprint density at radius 2 is 2.11 bits per heavy atom. The van der Waals surface area contributed by atoms with Crippen LogP contribution in [0.4, 0.5) is 5.82 Å². The summed E-state index contributed by atoms with van der Waals surface area (Å²) in [6, 6.07) is 6.91. The number of halogens is 1. The molecule has 11 heteroatoms. The quantitative estimate of drug-likeness (QED) is 0.442. The van der Waals surface area contributed by atoms with Crippen LogP contribution in [0, 0.1) is 0 Å². The van der Waals surface area contributed by atoms with Gasteiger partial charge in [-0.25, -0.2) is 15.0 Å². The largest absolute Gasteiger partial charge is 0.387 e. The third-order valence-corrected chi connectivity index (χ3v) is 5.04. The van der Waals surface area contributed by atoms with Gasteiger partial charge in [-0.1, -0.05) is 22.0 Å². The highest BCUT2D eigenvalue weighted by molar-refractivity contribution is 9.10. The zero-order valence-electron chi connectivity index (χ0n) is 14.4. The third kappa shape index (κ3) is 3.33. The highest BCUT2D eigenvalue weighted by Crippen LogP contribution is 2.31. The van der Waals surface area contributed by atoms with Crippen molar-refractivity contribution in [2.75, 3.05) is 12.3 Å². The van der Waals surface area contributed by atoms with Gasteiger partial charge in [-0.3, -0.25) is 9.36 Å². The van der Waals surface area contributed by atoms with Crippen molar-refractivity contribution in [1.82, 2.24) is 24.8 Å². The number of carbonyl (C=O) groups is 1. The van der Waals surface area contributed by atoms with Gasteiger partial charge in [0.15, 0.2) is 17.7 Å². The van der Waals surface area contributed by atoms with Gasteiger partial charge in [0.1, 0.15) is 30.2 Å². The number of aromatic nitrogens is 4. The van der Waals surface area contributed by atoms with Crippen molar-refractivity contribution in [2.24, 2.45) is 0 Å². The molecule has 1 aromatic carbocycles. The van der Waals surface area contributed by atoms with Crippen LogP contribution in [-0.2, 0) is 4.74 Å². The van der Waals surface area contributed by atoms with Gasteiger partial charge in [-0.15, -0.1) is 0 Å². The summed E-state index contributed by atoms with van der Waals surface area (Å²) in [5, 5.41) is 23.5. The van der Waals surface area contributed by atoms with Gasteiger partial charge in [0.25, 0.3) is 5.91 Å². The van der Waals surface area contributed by atoms with Gasteiger partial charge in [0.2, 0.25) is 0 Å². The number of nitrogens with two attached hydrogens (primary N) is 1. The fourth-order valence-electron chi connectivity index (χ4n) is 3.11. The van der Waals surface area contributed by atoms with E-state index in [9.17, 15) is 15.0 Å². The van der Waals surface area contributed by atoms with Crippen LogP contribution in [0.25, 0.3) is 11.2 Å². The molecule has 146 valence electrons. The molecule has 0 aliphatic carbocycles. The Kier molecular flexibility index (Phi) is 4.98. The first-order valence-electron chi connectivity index (χ1n) is 8.44. The van der Waals surface area contributed by atoms with Crippen molar-refractivity contribution in [3.63, 3.8) is 0 Å². The zero-order valence-corrected chi connectivity index (χ0v) is 16.0. The summed E-state index contributed by atoms with van der Waals surface area (Å²) in [6.07, 6.45) is -1.48. The van der Waals surface area contributed by atoms with Gasteiger partial charge in [0.05, 0.1) is 6.33 Å². The van der Waals surface area contributed by atoms with E-state index in [1.54, 1.807) is 18.2 Å². The van der Waals surface area contributed by atoms with Crippen LogP contribution in [0.2, 0.25) is 0 Å². The molecule has 0 saturated carbocycles. The molecule has 3 heterocycles. The van der Waals surface area contributed by atoms with Crippen LogP contribution in [0.5, 0.6) is 0 Å². The van der Waals surface area contributed by atoms with E-state index in [4.69, 9.17) is 10.5 Å². The molecule has 10 nitrogen and oxygen atoms in total. The van der Waals surface area contributed by atoms with Crippen LogP contribution in [-0.4, -0.2) is 60.5 Å². The predicted molar refractivity (Wildman–Crippen MR) is 102 cm³/mol. The lowest BCUT2D eigenvalue weighted by Crippen LogP contribution is -2.39. The van der Waals surface area contributed by atoms with E-state index >= 15 is 0 Å². The number of aliphatic hydroxyl groups is 2. The average Bonchev–Trinajstić information content (AvgIpc) is 3.23. The lowest BCUT2D eigenvalue weighted by molar-refractivity contribution is -0.0337. The Morgan fingerprint density at radius 1 is 1.29 bits per heavy atom. The molecule has 3 aromatic rings. The molecule has 1 amide bonds. The molecule has 1 aliphatic heterocycles. The smallest absolute Gasteiger partial charge is 0.251 e. The summed E-state index contributed by atoms with van der Waals surface area (Å²) in [4.78, 5) is 24.4. The molecular weight excluding hydrogens is 432 g/mol. The Labute approximate surface area is 167 Å². The number of imidazole rings is 1. The molecule has 4 atom stereocenters. The maximum Gasteiger partial charge on any atom is 0.251 e. The van der Waals surface area contributed by atoms with E-state index in [-0.39, 0.29) is 18.3 Å². The van der Waals surface area contributed by atoms with Crippen LogP contribution >= 0.6 is 15.9 Å². The molecular formula is C17H17BrN6O4. The van der Waals surface area contributed by atoms with Crippen LogP contribution in [0.3, 0.4) is 0 Å². The predicted octanol–water partition coefficient (Wildman–Crippen LogP) is 0.220. The second kappa shape index (κ2) is 7.43. The van der Waals surface area contributed by atoms with Crippen molar-refractivity contribution in [2.45, 2.75) is 24.5 Å². The van der Waals surface area contributed by atoms with E-state index < -0.39 is 24.5 Å². The highest BCUT2D eigenvalue weighted by Gasteiger charge is 2.44. The Morgan fingerprint density at radius 3 is 2.89 bits per heavy atom. The minimum atomic E-state index is -1.23. The standard InChI is InChI=1S/C17H17BrN6O4/c18-9-3-1-2-8(4-9)16(27)20-5-10-12(25)13(26)17(28-10)24-7-23-11-14(19)21-6-22-15(11)24/h1-4,6-7,10,12-13,17,25-26H,5H2,(H,20,27)(H2,19,21,22)/t10-,12-,13-,17-/m1/s1. The molecule has 28 heavy (non-hydrogen) atoms. The molecule has 1 aliphatic rings. The lowest BCUT2D eigenvalue weighted by Gasteiger charge is -2.16. The summed E-state index contributed by atoms with van der Waals surface area (Å²) in [7, 11) is 0. The van der Waals surface area contributed by atoms with Crippen LogP contribution in [0.15, 0.2) is 41.4 Å². The number of nitrogens with zero attached hydrogens (tertiary/aromatic N) is 4. The van der Waals surface area contributed by atoms with Crippen LogP contribution in [0.1, 0.15) is 16.6 Å². The number of carbonyl (C=O) groups excluding carboxylic acids is 1. The van der Waals surface area contributed by atoms with Gasteiger partial charge >= 0.3 is 0 Å². The molecule has 0 spiro atoms. The number of aliphatic hydroxyl groups excluding tert-OH is 2. The second-order valence-electron chi connectivity index (χ2n) is 6.35. The number of nitrogens with one attached hydrogen (secondary N) is 1. The first kappa shape index (κ1) is 18.7. The number of amides is 1. The molecule has 1 fully saturated rings. The monoisotopic (exact) mass is 448 g/mol. The van der Waals surface area contributed by atoms with Gasteiger partial charge < -0.3 is 26.0 Å². The van der Waals surface area contributed by atoms with Crippen molar-refractivity contribution in [1.29, 1.82) is 0 Å². The first-order valence-corrected chi connectivity index (χ1v) is 9.23. The summed E-state index contributed by atoms with van der Waals surface area (Å²) in [5.41, 5.74) is 6.99. The third-order valence-electron chi connectivity index (χ3n) is 4.55. The molecule has 0 unspecified atom stereocenters. The second-order valence-corrected chi connectivity index (χ2v) is 7.27. The molecule has 0 bridgehead atoms. The van der Waals surface area contributed by atoms with Crippen molar-refractivity contribution >= 4 is 38.8 Å². The van der Waals surface area contributed by atoms with Crippen molar-refractivity contribution < 1.29 is 19.7 Å². The number of fused-ring (bicyclic) bond motifs is 1. The van der Waals surface area contributed by atoms with Crippen molar-refractivity contribution in [3.05, 3.63) is 47.0 Å². The zero-order chi connectivity index (χ0) is 19.8. The average molecular weight is 449 g/mol. The van der Waals surface area contributed by atoms with E-state index in [2.05, 4.69) is 36.2 Å². The number of rotatable bonds is 4. The number of benzene rings is 1. The molecule has 5 N–H and O–H groups in total. The van der Waals surface area contributed by atoms with Gasteiger partial charge in [-0.2, -0.15) is 0 Å². The normalized spacial score (nSPS) is 24.5. The Hall–Kier alpha value is -2.60. The summed E-state index contributed by atoms with van der Waals surface area (Å²) < 4.78 is 8.05. The minimum absolute atomic E-state index is 0.0177. The molecule has 1 saturated heterocycles. The maximum atomic E-state index is 12.3. The Bertz CT molecular complexity index is 1030. The number of ether oxygens (including phenoxy) is 1. The lowest BCUT2D eigenvalue weighted by atomic mass is 10.1. The minimum Gasteiger partial charge on any atom is -0.387 e. The first-order chi connectivity index (χ1) is 13.5. The van der Waals surface area contributed by atoms with E-state index in [1.807, 2.05) is 6.07 Å². The fraction of sp³-hybridized carbons (Fsp3) is 0.294.